The highest BCUT2D eigenvalue weighted by Crippen LogP contribution is 1.80. The van der Waals surface area contributed by atoms with Crippen LogP contribution in [-0.4, -0.2) is 19.2 Å². The zero-order valence-electron chi connectivity index (χ0n) is 7.64. The van der Waals surface area contributed by atoms with Gasteiger partial charge in [-0.2, -0.15) is 0 Å². The molecule has 1 N–H and O–H groups in total. The molecule has 3 heteroatoms. The lowest BCUT2D eigenvalue weighted by molar-refractivity contribution is 0.488. The highest BCUT2D eigenvalue weighted by molar-refractivity contribution is 7.09. The van der Waals surface area contributed by atoms with Crippen molar-refractivity contribution in [2.45, 2.75) is 39.8 Å². The van der Waals surface area contributed by atoms with Gasteiger partial charge in [-0.05, 0) is 9.47 Å². The average Bonchev–Trinajstić information content (AvgIpc) is 1.62. The van der Waals surface area contributed by atoms with Crippen molar-refractivity contribution < 1.29 is 4.52 Å². The molecule has 0 aromatic rings. The van der Waals surface area contributed by atoms with Crippen LogP contribution in [0.2, 0.25) is 0 Å². The van der Waals surface area contributed by atoms with Crippen molar-refractivity contribution in [3.8, 4) is 0 Å². The molecule has 10 heavy (non-hydrogen) atoms. The lowest BCUT2D eigenvalue weighted by atomic mass is 10.3. The Bertz CT molecular complexity index is 51.6. The molecule has 0 bridgehead atoms. The van der Waals surface area contributed by atoms with Crippen LogP contribution < -0.4 is 5.32 Å². The maximum Gasteiger partial charge on any atom is 0.0391 e. The van der Waals surface area contributed by atoms with Gasteiger partial charge in [0.1, 0.15) is 0 Å². The summed E-state index contributed by atoms with van der Waals surface area (Å²) in [5, 5.41) is 3.31. The van der Waals surface area contributed by atoms with Crippen LogP contribution in [0.1, 0.15) is 27.7 Å². The third-order valence-electron chi connectivity index (χ3n) is 0.667. The van der Waals surface area contributed by atoms with E-state index in [9.17, 15) is 0 Å². The Hall–Kier alpha value is 0.350. The quantitative estimate of drug-likeness (QED) is 0.630. The number of hydrogen-bond acceptors (Lipinski definition) is 2. The molecule has 0 aliphatic heterocycles. The molecule has 0 fully saturated rings. The Morgan fingerprint density at radius 3 is 1.30 bits per heavy atom. The van der Waals surface area contributed by atoms with Crippen LogP contribution in [0, 0.1) is 0 Å². The first-order valence-corrected chi connectivity index (χ1v) is 4.00. The van der Waals surface area contributed by atoms with Crippen LogP contribution in [-0.2, 0) is 4.52 Å². The van der Waals surface area contributed by atoms with Crippen LogP contribution in [0.3, 0.4) is 0 Å². The van der Waals surface area contributed by atoms with Gasteiger partial charge >= 0.3 is 0 Å². The average molecular weight is 165 g/mol. The van der Waals surface area contributed by atoms with Gasteiger partial charge in [0, 0.05) is 19.2 Å². The van der Waals surface area contributed by atoms with Crippen molar-refractivity contribution in [2.75, 3.05) is 7.11 Å². The second-order valence-corrected chi connectivity index (χ2v) is 3.18. The fraction of sp³-hybridized carbons (Fsp3) is 1.00. The van der Waals surface area contributed by atoms with E-state index in [1.807, 2.05) is 0 Å². The van der Waals surface area contributed by atoms with Gasteiger partial charge in [0.15, 0.2) is 0 Å². The topological polar surface area (TPSA) is 21.3 Å². The standard InChI is InChI=1S/C6H15N.CH5OP/c1-5(2)7-6(3)4;1-2-3/h5-7H,1-4H3;3H2,1H3. The molecule has 0 heterocycles. The SMILES string of the molecule is CC(C)NC(C)C.COP. The maximum atomic E-state index is 4.17. The number of hydrogen-bond donors (Lipinski definition) is 1. The summed E-state index contributed by atoms with van der Waals surface area (Å²) in [6, 6.07) is 1.25. The van der Waals surface area contributed by atoms with Crippen LogP contribution in [0.15, 0.2) is 0 Å². The van der Waals surface area contributed by atoms with Gasteiger partial charge in [-0.3, -0.25) is 0 Å². The normalized spacial score (nSPS) is 9.60. The van der Waals surface area contributed by atoms with Crippen LogP contribution in [0.25, 0.3) is 0 Å². The first-order chi connectivity index (χ1) is 4.54. The van der Waals surface area contributed by atoms with Crippen LogP contribution in [0.5, 0.6) is 0 Å². The van der Waals surface area contributed by atoms with Crippen molar-refractivity contribution in [1.29, 1.82) is 0 Å². The fourth-order valence-electron chi connectivity index (χ4n) is 0.667. The van der Waals surface area contributed by atoms with Gasteiger partial charge in [0.2, 0.25) is 0 Å². The molecule has 0 spiro atoms. The summed E-state index contributed by atoms with van der Waals surface area (Å²) in [5.41, 5.74) is 0. The molecular formula is C7H20NOP. The highest BCUT2D eigenvalue weighted by Gasteiger charge is 1.92. The second-order valence-electron chi connectivity index (χ2n) is 2.71. The molecular weight excluding hydrogens is 145 g/mol. The van der Waals surface area contributed by atoms with Crippen molar-refractivity contribution in [1.82, 2.24) is 5.32 Å². The lowest BCUT2D eigenvalue weighted by Gasteiger charge is -2.10. The summed E-state index contributed by atoms with van der Waals surface area (Å²) in [6.07, 6.45) is 0. The van der Waals surface area contributed by atoms with E-state index < -0.39 is 0 Å². The van der Waals surface area contributed by atoms with Gasteiger partial charge in [0.05, 0.1) is 0 Å². The molecule has 0 amide bonds. The third-order valence-corrected chi connectivity index (χ3v) is 0.667. The Morgan fingerprint density at radius 2 is 1.30 bits per heavy atom. The minimum atomic E-state index is 0.625. The third kappa shape index (κ3) is 23.8. The Labute approximate surface area is 67.0 Å². The molecule has 0 rings (SSSR count). The Kier molecular flexibility index (Phi) is 12.1. The van der Waals surface area contributed by atoms with E-state index in [0.717, 1.165) is 0 Å². The van der Waals surface area contributed by atoms with Crippen molar-refractivity contribution in [2.24, 2.45) is 0 Å². The van der Waals surface area contributed by atoms with Gasteiger partial charge in [-0.25, -0.2) is 0 Å². The van der Waals surface area contributed by atoms with E-state index in [4.69, 9.17) is 0 Å². The number of nitrogens with one attached hydrogen (secondary N) is 1. The lowest BCUT2D eigenvalue weighted by Crippen LogP contribution is -2.29. The minimum Gasteiger partial charge on any atom is -0.369 e. The monoisotopic (exact) mass is 165 g/mol. The zero-order valence-corrected chi connectivity index (χ0v) is 8.79. The molecule has 64 valence electrons. The van der Waals surface area contributed by atoms with E-state index in [2.05, 4.69) is 47.0 Å². The van der Waals surface area contributed by atoms with Gasteiger partial charge in [0.25, 0.3) is 0 Å². The first-order valence-electron chi connectivity index (χ1n) is 3.53. The van der Waals surface area contributed by atoms with Crippen LogP contribution >= 0.6 is 9.47 Å². The van der Waals surface area contributed by atoms with Crippen LogP contribution in [0.4, 0.5) is 0 Å². The molecule has 0 saturated heterocycles. The molecule has 1 atom stereocenters. The largest absolute Gasteiger partial charge is 0.369 e. The molecule has 0 aliphatic rings. The van der Waals surface area contributed by atoms with Gasteiger partial charge in [-0.1, -0.05) is 27.7 Å². The van der Waals surface area contributed by atoms with E-state index in [1.165, 1.54) is 0 Å². The van der Waals surface area contributed by atoms with Gasteiger partial charge in [-0.15, -0.1) is 0 Å². The minimum absolute atomic E-state index is 0.625. The molecule has 0 aromatic heterocycles. The summed E-state index contributed by atoms with van der Waals surface area (Å²) < 4.78 is 4.17. The zero-order chi connectivity index (χ0) is 8.57. The van der Waals surface area contributed by atoms with Crippen molar-refractivity contribution in [3.05, 3.63) is 0 Å². The predicted octanol–water partition coefficient (Wildman–Crippen LogP) is 1.82. The molecule has 1 unspecified atom stereocenters. The Balaban J connectivity index is 0. The Morgan fingerprint density at radius 1 is 1.10 bits per heavy atom. The summed E-state index contributed by atoms with van der Waals surface area (Å²) in [5.74, 6) is 0. The summed E-state index contributed by atoms with van der Waals surface area (Å²) in [6.45, 7) is 8.61. The molecule has 0 aromatic carbocycles. The first kappa shape index (κ1) is 13.0. The maximum absolute atomic E-state index is 4.17. The highest BCUT2D eigenvalue weighted by atomic mass is 31.0. The summed E-state index contributed by atoms with van der Waals surface area (Å²) in [4.78, 5) is 0. The van der Waals surface area contributed by atoms with Gasteiger partial charge < -0.3 is 9.84 Å². The second kappa shape index (κ2) is 9.35. The predicted molar refractivity (Wildman–Crippen MR) is 50.1 cm³/mol. The van der Waals surface area contributed by atoms with E-state index in [0.29, 0.717) is 12.1 Å². The van der Waals surface area contributed by atoms with E-state index >= 15 is 0 Å². The van der Waals surface area contributed by atoms with Crippen molar-refractivity contribution >= 4 is 9.47 Å². The molecule has 0 aliphatic carbocycles. The molecule has 0 saturated carbocycles. The summed E-state index contributed by atoms with van der Waals surface area (Å²) >= 11 is 0. The fourth-order valence-corrected chi connectivity index (χ4v) is 0.667. The van der Waals surface area contributed by atoms with E-state index in [1.54, 1.807) is 7.11 Å². The molecule has 0 radical (unpaired) electrons. The molecule has 2 nitrogen and oxygen atoms in total. The number of rotatable bonds is 2. The van der Waals surface area contributed by atoms with Crippen molar-refractivity contribution in [3.63, 3.8) is 0 Å². The summed E-state index contributed by atoms with van der Waals surface area (Å²) in [7, 11) is 3.67. The smallest absolute Gasteiger partial charge is 0.0391 e. The van der Waals surface area contributed by atoms with E-state index in [-0.39, 0.29) is 0 Å².